The highest BCUT2D eigenvalue weighted by Crippen LogP contribution is 2.08. The summed E-state index contributed by atoms with van der Waals surface area (Å²) < 4.78 is 0. The Morgan fingerprint density at radius 1 is 1.38 bits per heavy atom. The van der Waals surface area contributed by atoms with Crippen LogP contribution in [0.2, 0.25) is 0 Å². The summed E-state index contributed by atoms with van der Waals surface area (Å²) in [6, 6.07) is 0.263. The molecule has 1 aliphatic heterocycles. The molecule has 1 atom stereocenters. The average molecular weight is 228 g/mol. The molecule has 1 rings (SSSR count). The third-order valence-electron chi connectivity index (χ3n) is 3.22. The highest BCUT2D eigenvalue weighted by molar-refractivity contribution is 5.78. The van der Waals surface area contributed by atoms with E-state index in [0.29, 0.717) is 6.54 Å². The van der Waals surface area contributed by atoms with Crippen molar-refractivity contribution >= 4 is 5.91 Å². The number of aliphatic hydroxyl groups is 1. The Labute approximate surface area is 98.0 Å². The van der Waals surface area contributed by atoms with Gasteiger partial charge in [0.2, 0.25) is 5.91 Å². The molecule has 0 aromatic rings. The largest absolute Gasteiger partial charge is 0.396 e. The minimum atomic E-state index is 0.184. The van der Waals surface area contributed by atoms with Gasteiger partial charge in [-0.2, -0.15) is 0 Å². The molecule has 16 heavy (non-hydrogen) atoms. The number of amides is 1. The van der Waals surface area contributed by atoms with Crippen molar-refractivity contribution < 1.29 is 9.90 Å². The summed E-state index contributed by atoms with van der Waals surface area (Å²) in [6.45, 7) is 4.50. The van der Waals surface area contributed by atoms with Gasteiger partial charge in [-0.1, -0.05) is 6.92 Å². The van der Waals surface area contributed by atoms with Gasteiger partial charge in [-0.25, -0.2) is 0 Å². The minimum Gasteiger partial charge on any atom is -0.396 e. The lowest BCUT2D eigenvalue weighted by molar-refractivity contribution is -0.131. The summed E-state index contributed by atoms with van der Waals surface area (Å²) in [7, 11) is 0. The van der Waals surface area contributed by atoms with Crippen molar-refractivity contribution in [2.24, 2.45) is 0 Å². The predicted octanol–water partition coefficient (Wildman–Crippen LogP) is 0.749. The molecule has 1 unspecified atom stereocenters. The number of hydrogen-bond donors (Lipinski definition) is 2. The maximum atomic E-state index is 11.8. The topological polar surface area (TPSA) is 52.6 Å². The summed E-state index contributed by atoms with van der Waals surface area (Å²) in [5, 5.41) is 12.1. The van der Waals surface area contributed by atoms with Crippen molar-refractivity contribution in [3.8, 4) is 0 Å². The van der Waals surface area contributed by atoms with Gasteiger partial charge in [0.25, 0.3) is 0 Å². The molecule has 0 saturated carbocycles. The van der Waals surface area contributed by atoms with E-state index in [-0.39, 0.29) is 18.6 Å². The molecule has 1 fully saturated rings. The first-order chi connectivity index (χ1) is 7.77. The number of nitrogens with one attached hydrogen (secondary N) is 1. The second-order valence-corrected chi connectivity index (χ2v) is 4.44. The first kappa shape index (κ1) is 13.5. The monoisotopic (exact) mass is 228 g/mol. The summed E-state index contributed by atoms with van der Waals surface area (Å²) in [5.74, 6) is 0.205. The molecule has 94 valence electrons. The van der Waals surface area contributed by atoms with E-state index in [9.17, 15) is 4.79 Å². The molecule has 0 bridgehead atoms. The van der Waals surface area contributed by atoms with Crippen LogP contribution >= 0.6 is 0 Å². The Bertz CT molecular complexity index is 203. The van der Waals surface area contributed by atoms with Crippen LogP contribution in [0.3, 0.4) is 0 Å². The van der Waals surface area contributed by atoms with Crippen LogP contribution in [0.1, 0.15) is 39.0 Å². The Kier molecular flexibility index (Phi) is 6.42. The third kappa shape index (κ3) is 4.49. The first-order valence-corrected chi connectivity index (χ1v) is 6.40. The van der Waals surface area contributed by atoms with Crippen molar-refractivity contribution in [1.82, 2.24) is 10.2 Å². The SMILES string of the molecule is CCC(CCO)NCC(=O)N1CCCCC1. The molecule has 4 heteroatoms. The lowest BCUT2D eigenvalue weighted by Gasteiger charge is -2.27. The summed E-state index contributed by atoms with van der Waals surface area (Å²) in [6.07, 6.45) is 5.20. The van der Waals surface area contributed by atoms with Gasteiger partial charge in [-0.15, -0.1) is 0 Å². The van der Waals surface area contributed by atoms with Crippen LogP contribution in [-0.4, -0.2) is 48.2 Å². The van der Waals surface area contributed by atoms with Gasteiger partial charge in [0.05, 0.1) is 6.54 Å². The van der Waals surface area contributed by atoms with Crippen molar-refractivity contribution in [2.45, 2.75) is 45.1 Å². The molecule has 1 amide bonds. The quantitative estimate of drug-likeness (QED) is 0.705. The zero-order valence-corrected chi connectivity index (χ0v) is 10.2. The van der Waals surface area contributed by atoms with Gasteiger partial charge in [0.15, 0.2) is 0 Å². The fourth-order valence-corrected chi connectivity index (χ4v) is 2.09. The second-order valence-electron chi connectivity index (χ2n) is 4.44. The number of carbonyl (C=O) groups is 1. The number of carbonyl (C=O) groups excluding carboxylic acids is 1. The van der Waals surface area contributed by atoms with E-state index in [1.807, 2.05) is 4.90 Å². The van der Waals surface area contributed by atoms with Crippen molar-refractivity contribution in [3.05, 3.63) is 0 Å². The second kappa shape index (κ2) is 7.63. The van der Waals surface area contributed by atoms with Gasteiger partial charge in [0.1, 0.15) is 0 Å². The minimum absolute atomic E-state index is 0.184. The smallest absolute Gasteiger partial charge is 0.236 e. The molecule has 0 radical (unpaired) electrons. The maximum Gasteiger partial charge on any atom is 0.236 e. The van der Waals surface area contributed by atoms with Crippen molar-refractivity contribution in [3.63, 3.8) is 0 Å². The van der Waals surface area contributed by atoms with Gasteiger partial charge < -0.3 is 15.3 Å². The summed E-state index contributed by atoms with van der Waals surface area (Å²) >= 11 is 0. The Balaban J connectivity index is 2.22. The highest BCUT2D eigenvalue weighted by Gasteiger charge is 2.16. The molecular weight excluding hydrogens is 204 g/mol. The van der Waals surface area contributed by atoms with E-state index < -0.39 is 0 Å². The number of piperidine rings is 1. The maximum absolute atomic E-state index is 11.8. The molecule has 2 N–H and O–H groups in total. The van der Waals surface area contributed by atoms with Crippen LogP contribution < -0.4 is 5.32 Å². The average Bonchev–Trinajstić information content (AvgIpc) is 2.35. The summed E-state index contributed by atoms with van der Waals surface area (Å²) in [4.78, 5) is 13.8. The van der Waals surface area contributed by atoms with Crippen LogP contribution in [0.4, 0.5) is 0 Å². The van der Waals surface area contributed by atoms with E-state index in [1.54, 1.807) is 0 Å². The lowest BCUT2D eigenvalue weighted by Crippen LogP contribution is -2.43. The van der Waals surface area contributed by atoms with Gasteiger partial charge in [-0.05, 0) is 32.1 Å². The van der Waals surface area contributed by atoms with Crippen LogP contribution in [0.15, 0.2) is 0 Å². The van der Waals surface area contributed by atoms with E-state index in [4.69, 9.17) is 5.11 Å². The number of hydrogen-bond acceptors (Lipinski definition) is 3. The fraction of sp³-hybridized carbons (Fsp3) is 0.917. The molecule has 0 aliphatic carbocycles. The number of aliphatic hydroxyl groups excluding tert-OH is 1. The molecule has 1 aliphatic rings. The molecule has 1 saturated heterocycles. The number of nitrogens with zero attached hydrogens (tertiary/aromatic N) is 1. The van der Waals surface area contributed by atoms with Crippen LogP contribution in [0, 0.1) is 0 Å². The standard InChI is InChI=1S/C12H24N2O2/c1-2-11(6-9-15)13-10-12(16)14-7-4-3-5-8-14/h11,13,15H,2-10H2,1H3. The van der Waals surface area contributed by atoms with E-state index in [2.05, 4.69) is 12.2 Å². The summed E-state index contributed by atoms with van der Waals surface area (Å²) in [5.41, 5.74) is 0. The lowest BCUT2D eigenvalue weighted by atomic mass is 10.1. The molecule has 1 heterocycles. The first-order valence-electron chi connectivity index (χ1n) is 6.40. The van der Waals surface area contributed by atoms with Gasteiger partial charge in [0, 0.05) is 25.7 Å². The Morgan fingerprint density at radius 3 is 2.62 bits per heavy atom. The zero-order chi connectivity index (χ0) is 11.8. The van der Waals surface area contributed by atoms with Crippen molar-refractivity contribution in [1.29, 1.82) is 0 Å². The molecule has 0 aromatic carbocycles. The highest BCUT2D eigenvalue weighted by atomic mass is 16.3. The number of rotatable bonds is 6. The zero-order valence-electron chi connectivity index (χ0n) is 10.2. The van der Waals surface area contributed by atoms with Crippen LogP contribution in [0.25, 0.3) is 0 Å². The third-order valence-corrected chi connectivity index (χ3v) is 3.22. The fourth-order valence-electron chi connectivity index (χ4n) is 2.09. The Hall–Kier alpha value is -0.610. The normalized spacial score (nSPS) is 18.5. The number of likely N-dealkylation sites (tertiary alicyclic amines) is 1. The molecule has 4 nitrogen and oxygen atoms in total. The molecular formula is C12H24N2O2. The van der Waals surface area contributed by atoms with Crippen LogP contribution in [-0.2, 0) is 4.79 Å². The molecule has 0 spiro atoms. The predicted molar refractivity (Wildman–Crippen MR) is 64.2 cm³/mol. The Morgan fingerprint density at radius 2 is 2.06 bits per heavy atom. The van der Waals surface area contributed by atoms with Crippen molar-refractivity contribution in [2.75, 3.05) is 26.2 Å². The molecule has 0 aromatic heterocycles. The van der Waals surface area contributed by atoms with Gasteiger partial charge in [-0.3, -0.25) is 4.79 Å². The van der Waals surface area contributed by atoms with Crippen LogP contribution in [0.5, 0.6) is 0 Å². The van der Waals surface area contributed by atoms with E-state index in [0.717, 1.165) is 38.8 Å². The van der Waals surface area contributed by atoms with Gasteiger partial charge >= 0.3 is 0 Å². The van der Waals surface area contributed by atoms with E-state index >= 15 is 0 Å². The van der Waals surface area contributed by atoms with E-state index in [1.165, 1.54) is 6.42 Å².